The molecule has 0 unspecified atom stereocenters. The van der Waals surface area contributed by atoms with Gasteiger partial charge in [0.1, 0.15) is 11.6 Å². The van der Waals surface area contributed by atoms with Crippen molar-refractivity contribution in [1.29, 1.82) is 0 Å². The number of carbonyl (C=O) groups is 1. The minimum Gasteiger partial charge on any atom is -0.495 e. The molecule has 122 valence electrons. The normalized spacial score (nSPS) is 10.2. The third-order valence-corrected chi connectivity index (χ3v) is 3.51. The average Bonchev–Trinajstić information content (AvgIpc) is 2.55. The molecular weight excluding hydrogens is 319 g/mol. The Balaban J connectivity index is 1.79. The van der Waals surface area contributed by atoms with Crippen LogP contribution >= 0.6 is 11.6 Å². The third-order valence-electron chi connectivity index (χ3n) is 3.28. The minimum absolute atomic E-state index is 0.0774. The topological polar surface area (TPSA) is 50.4 Å². The maximum absolute atomic E-state index is 13.5. The molecule has 23 heavy (non-hydrogen) atoms. The van der Waals surface area contributed by atoms with E-state index in [1.165, 1.54) is 6.07 Å². The summed E-state index contributed by atoms with van der Waals surface area (Å²) in [6.45, 7) is 0.447. The molecule has 0 saturated heterocycles. The van der Waals surface area contributed by atoms with E-state index in [4.69, 9.17) is 16.3 Å². The van der Waals surface area contributed by atoms with Crippen molar-refractivity contribution in [3.63, 3.8) is 0 Å². The second-order valence-corrected chi connectivity index (χ2v) is 5.33. The van der Waals surface area contributed by atoms with Crippen molar-refractivity contribution in [3.05, 3.63) is 58.9 Å². The quantitative estimate of drug-likeness (QED) is 0.816. The second-order valence-electron chi connectivity index (χ2n) is 4.89. The van der Waals surface area contributed by atoms with E-state index >= 15 is 0 Å². The van der Waals surface area contributed by atoms with Gasteiger partial charge in [0.05, 0.1) is 19.3 Å². The Hall–Kier alpha value is -2.27. The number of ether oxygens (including phenoxy) is 1. The Kier molecular flexibility index (Phi) is 6.23. The van der Waals surface area contributed by atoms with Crippen LogP contribution in [0.4, 0.5) is 10.1 Å². The van der Waals surface area contributed by atoms with E-state index in [2.05, 4.69) is 10.6 Å². The molecular formula is C17H18ClFN2O2. The minimum atomic E-state index is -0.261. The summed E-state index contributed by atoms with van der Waals surface area (Å²) in [6.07, 6.45) is 0.443. The first-order valence-corrected chi connectivity index (χ1v) is 7.55. The van der Waals surface area contributed by atoms with Crippen LogP contribution in [0, 0.1) is 5.82 Å². The number of hydrogen-bond acceptors (Lipinski definition) is 3. The van der Waals surface area contributed by atoms with Crippen molar-refractivity contribution in [2.45, 2.75) is 6.42 Å². The van der Waals surface area contributed by atoms with Gasteiger partial charge in [0.2, 0.25) is 5.91 Å². The van der Waals surface area contributed by atoms with Crippen molar-refractivity contribution in [3.8, 4) is 5.75 Å². The van der Waals surface area contributed by atoms with Gasteiger partial charge in [-0.2, -0.15) is 0 Å². The molecule has 2 N–H and O–H groups in total. The largest absolute Gasteiger partial charge is 0.495 e. The van der Waals surface area contributed by atoms with E-state index < -0.39 is 0 Å². The fourth-order valence-electron chi connectivity index (χ4n) is 2.09. The molecule has 0 aromatic heterocycles. The zero-order valence-corrected chi connectivity index (χ0v) is 13.5. The molecule has 0 fully saturated rings. The zero-order valence-electron chi connectivity index (χ0n) is 12.7. The van der Waals surface area contributed by atoms with E-state index in [0.29, 0.717) is 35.0 Å². The SMILES string of the molecule is COc1ccc(Cl)cc1NCC(=O)NCCc1ccccc1F. The number of methoxy groups -OCH3 is 1. The lowest BCUT2D eigenvalue weighted by Gasteiger charge is -2.12. The van der Waals surface area contributed by atoms with Gasteiger partial charge in [0, 0.05) is 11.6 Å². The van der Waals surface area contributed by atoms with Crippen LogP contribution in [0.3, 0.4) is 0 Å². The van der Waals surface area contributed by atoms with Gasteiger partial charge in [0.15, 0.2) is 0 Å². The number of halogens is 2. The number of nitrogens with one attached hydrogen (secondary N) is 2. The van der Waals surface area contributed by atoms with Crippen LogP contribution in [0.15, 0.2) is 42.5 Å². The zero-order chi connectivity index (χ0) is 16.7. The van der Waals surface area contributed by atoms with E-state index in [-0.39, 0.29) is 18.3 Å². The molecule has 0 bridgehead atoms. The Morgan fingerprint density at radius 2 is 2.04 bits per heavy atom. The molecule has 2 aromatic rings. The summed E-state index contributed by atoms with van der Waals surface area (Å²) in [4.78, 5) is 11.8. The van der Waals surface area contributed by atoms with Crippen molar-refractivity contribution >= 4 is 23.2 Å². The van der Waals surface area contributed by atoms with Crippen LogP contribution in [0.25, 0.3) is 0 Å². The van der Waals surface area contributed by atoms with Gasteiger partial charge in [0.25, 0.3) is 0 Å². The van der Waals surface area contributed by atoms with Crippen LogP contribution in [0.5, 0.6) is 5.75 Å². The second kappa shape index (κ2) is 8.39. The van der Waals surface area contributed by atoms with E-state index in [9.17, 15) is 9.18 Å². The summed E-state index contributed by atoms with van der Waals surface area (Å²) < 4.78 is 18.6. The maximum atomic E-state index is 13.5. The molecule has 0 radical (unpaired) electrons. The Labute approximate surface area is 139 Å². The van der Waals surface area contributed by atoms with E-state index in [1.54, 1.807) is 43.5 Å². The highest BCUT2D eigenvalue weighted by molar-refractivity contribution is 6.30. The van der Waals surface area contributed by atoms with Crippen molar-refractivity contribution < 1.29 is 13.9 Å². The molecule has 2 rings (SSSR count). The van der Waals surface area contributed by atoms with Crippen LogP contribution in [-0.4, -0.2) is 26.1 Å². The van der Waals surface area contributed by atoms with Crippen molar-refractivity contribution in [2.24, 2.45) is 0 Å². The monoisotopic (exact) mass is 336 g/mol. The van der Waals surface area contributed by atoms with Crippen LogP contribution in [-0.2, 0) is 11.2 Å². The molecule has 0 heterocycles. The summed E-state index contributed by atoms with van der Waals surface area (Å²) >= 11 is 5.92. The van der Waals surface area contributed by atoms with Crippen LogP contribution in [0.2, 0.25) is 5.02 Å². The van der Waals surface area contributed by atoms with Gasteiger partial charge in [-0.05, 0) is 36.2 Å². The summed E-state index contributed by atoms with van der Waals surface area (Å²) in [5.74, 6) is 0.153. The molecule has 0 saturated carbocycles. The number of hydrogen-bond donors (Lipinski definition) is 2. The van der Waals surface area contributed by atoms with Crippen molar-refractivity contribution in [2.75, 3.05) is 25.5 Å². The van der Waals surface area contributed by atoms with Gasteiger partial charge >= 0.3 is 0 Å². The van der Waals surface area contributed by atoms with Crippen LogP contribution in [0.1, 0.15) is 5.56 Å². The molecule has 4 nitrogen and oxygen atoms in total. The molecule has 0 aliphatic carbocycles. The summed E-state index contributed by atoms with van der Waals surface area (Å²) in [5, 5.41) is 6.26. The fraction of sp³-hybridized carbons (Fsp3) is 0.235. The lowest BCUT2D eigenvalue weighted by Crippen LogP contribution is -2.31. The van der Waals surface area contributed by atoms with Gasteiger partial charge in [-0.1, -0.05) is 29.8 Å². The molecule has 0 spiro atoms. The Morgan fingerprint density at radius 3 is 2.78 bits per heavy atom. The highest BCUT2D eigenvalue weighted by atomic mass is 35.5. The molecule has 2 aromatic carbocycles. The first kappa shape index (κ1) is 17.1. The summed E-state index contributed by atoms with van der Waals surface area (Å²) in [6, 6.07) is 11.6. The number of rotatable bonds is 7. The highest BCUT2D eigenvalue weighted by Crippen LogP contribution is 2.27. The third kappa shape index (κ3) is 5.14. The highest BCUT2D eigenvalue weighted by Gasteiger charge is 2.07. The van der Waals surface area contributed by atoms with E-state index in [0.717, 1.165) is 0 Å². The first-order chi connectivity index (χ1) is 11.1. The number of amides is 1. The number of benzene rings is 2. The molecule has 0 atom stereocenters. The van der Waals surface area contributed by atoms with Gasteiger partial charge in [-0.25, -0.2) is 4.39 Å². The van der Waals surface area contributed by atoms with Gasteiger partial charge in [-0.3, -0.25) is 4.79 Å². The molecule has 0 aliphatic rings. The Morgan fingerprint density at radius 1 is 1.26 bits per heavy atom. The molecule has 1 amide bonds. The summed E-state index contributed by atoms with van der Waals surface area (Å²) in [7, 11) is 1.54. The first-order valence-electron chi connectivity index (χ1n) is 7.17. The number of carbonyl (C=O) groups excluding carboxylic acids is 1. The van der Waals surface area contributed by atoms with E-state index in [1.807, 2.05) is 0 Å². The predicted octanol–water partition coefficient (Wildman–Crippen LogP) is 3.26. The number of anilines is 1. The van der Waals surface area contributed by atoms with Crippen molar-refractivity contribution in [1.82, 2.24) is 5.32 Å². The standard InChI is InChI=1S/C17H18ClFN2O2/c1-23-16-7-6-13(18)10-15(16)21-11-17(22)20-9-8-12-4-2-3-5-14(12)19/h2-7,10,21H,8-9,11H2,1H3,(H,20,22). The average molecular weight is 337 g/mol. The predicted molar refractivity (Wildman–Crippen MR) is 89.6 cm³/mol. The maximum Gasteiger partial charge on any atom is 0.239 e. The van der Waals surface area contributed by atoms with Crippen LogP contribution < -0.4 is 15.4 Å². The van der Waals surface area contributed by atoms with Gasteiger partial charge in [-0.15, -0.1) is 0 Å². The smallest absolute Gasteiger partial charge is 0.239 e. The lowest BCUT2D eigenvalue weighted by molar-refractivity contribution is -0.119. The van der Waals surface area contributed by atoms with Gasteiger partial charge < -0.3 is 15.4 Å². The summed E-state index contributed by atoms with van der Waals surface area (Å²) in [5.41, 5.74) is 1.22. The molecule has 0 aliphatic heterocycles. The lowest BCUT2D eigenvalue weighted by atomic mass is 10.1. The molecule has 6 heteroatoms. The Bertz CT molecular complexity index is 679. The fourth-order valence-corrected chi connectivity index (χ4v) is 2.27.